The predicted molar refractivity (Wildman–Crippen MR) is 98.7 cm³/mol. The fourth-order valence-corrected chi connectivity index (χ4v) is 2.16. The topological polar surface area (TPSA) is 38.3 Å². The summed E-state index contributed by atoms with van der Waals surface area (Å²) in [5.74, 6) is 0.700. The molecular formula is C19H20BrNO2. The molecule has 2 aromatic carbocycles. The SMILES string of the molecule is CCCCOc1ccc(/C=C/C(=O)Nc2ccc(Br)cc2)cc1. The smallest absolute Gasteiger partial charge is 0.248 e. The number of halogens is 1. The van der Waals surface area contributed by atoms with Crippen molar-refractivity contribution in [1.82, 2.24) is 0 Å². The predicted octanol–water partition coefficient (Wildman–Crippen LogP) is 5.28. The summed E-state index contributed by atoms with van der Waals surface area (Å²) in [6, 6.07) is 15.2. The molecule has 0 saturated carbocycles. The van der Waals surface area contributed by atoms with Gasteiger partial charge in [0.2, 0.25) is 5.91 Å². The van der Waals surface area contributed by atoms with Crippen molar-refractivity contribution in [3.8, 4) is 5.75 Å². The van der Waals surface area contributed by atoms with Crippen LogP contribution in [-0.2, 0) is 4.79 Å². The number of hydrogen-bond acceptors (Lipinski definition) is 2. The molecule has 2 rings (SSSR count). The summed E-state index contributed by atoms with van der Waals surface area (Å²) in [7, 11) is 0. The van der Waals surface area contributed by atoms with Crippen LogP contribution in [0.15, 0.2) is 59.1 Å². The molecule has 0 radical (unpaired) electrons. The number of hydrogen-bond donors (Lipinski definition) is 1. The Bertz CT molecular complexity index is 648. The molecule has 23 heavy (non-hydrogen) atoms. The van der Waals surface area contributed by atoms with Crippen molar-refractivity contribution in [3.63, 3.8) is 0 Å². The third-order valence-electron chi connectivity index (χ3n) is 3.19. The van der Waals surface area contributed by atoms with Gasteiger partial charge in [0.1, 0.15) is 5.75 Å². The quantitative estimate of drug-likeness (QED) is 0.529. The molecule has 0 unspecified atom stereocenters. The normalized spacial score (nSPS) is 10.7. The minimum absolute atomic E-state index is 0.157. The fraction of sp³-hybridized carbons (Fsp3) is 0.211. The summed E-state index contributed by atoms with van der Waals surface area (Å²) in [6.45, 7) is 2.87. The first-order valence-corrected chi connectivity index (χ1v) is 8.44. The second-order valence-corrected chi connectivity index (χ2v) is 6.02. The van der Waals surface area contributed by atoms with Crippen LogP contribution in [0.4, 0.5) is 5.69 Å². The van der Waals surface area contributed by atoms with Gasteiger partial charge in [-0.1, -0.05) is 41.4 Å². The van der Waals surface area contributed by atoms with E-state index in [9.17, 15) is 4.79 Å². The number of unbranched alkanes of at least 4 members (excludes halogenated alkanes) is 1. The molecule has 0 aliphatic rings. The molecule has 0 aromatic heterocycles. The molecular weight excluding hydrogens is 354 g/mol. The lowest BCUT2D eigenvalue weighted by atomic mass is 10.2. The van der Waals surface area contributed by atoms with Gasteiger partial charge < -0.3 is 10.1 Å². The van der Waals surface area contributed by atoms with Crippen molar-refractivity contribution in [1.29, 1.82) is 0 Å². The number of anilines is 1. The number of amides is 1. The zero-order chi connectivity index (χ0) is 16.5. The highest BCUT2D eigenvalue weighted by Crippen LogP contribution is 2.15. The summed E-state index contributed by atoms with van der Waals surface area (Å²) in [6.07, 6.45) is 5.48. The molecule has 1 amide bonds. The maximum Gasteiger partial charge on any atom is 0.248 e. The molecule has 0 aliphatic heterocycles. The largest absolute Gasteiger partial charge is 0.494 e. The monoisotopic (exact) mass is 373 g/mol. The van der Waals surface area contributed by atoms with E-state index in [1.165, 1.54) is 6.08 Å². The van der Waals surface area contributed by atoms with Gasteiger partial charge in [-0.05, 0) is 54.5 Å². The maximum atomic E-state index is 11.9. The van der Waals surface area contributed by atoms with Gasteiger partial charge in [-0.15, -0.1) is 0 Å². The number of ether oxygens (including phenoxy) is 1. The summed E-state index contributed by atoms with van der Waals surface area (Å²) in [5, 5.41) is 2.81. The molecule has 0 saturated heterocycles. The van der Waals surface area contributed by atoms with E-state index >= 15 is 0 Å². The zero-order valence-electron chi connectivity index (χ0n) is 13.1. The lowest BCUT2D eigenvalue weighted by molar-refractivity contribution is -0.111. The van der Waals surface area contributed by atoms with Crippen molar-refractivity contribution < 1.29 is 9.53 Å². The van der Waals surface area contributed by atoms with E-state index < -0.39 is 0 Å². The number of benzene rings is 2. The molecule has 0 aliphatic carbocycles. The Morgan fingerprint density at radius 2 is 1.83 bits per heavy atom. The van der Waals surface area contributed by atoms with E-state index in [1.54, 1.807) is 6.08 Å². The Morgan fingerprint density at radius 1 is 1.13 bits per heavy atom. The second kappa shape index (κ2) is 9.16. The molecule has 1 N–H and O–H groups in total. The average Bonchev–Trinajstić information content (AvgIpc) is 2.56. The Balaban J connectivity index is 1.86. The number of rotatable bonds is 7. The Kier molecular flexibility index (Phi) is 6.88. The molecule has 120 valence electrons. The molecule has 0 bridgehead atoms. The Hall–Kier alpha value is -2.07. The van der Waals surface area contributed by atoms with Crippen LogP contribution in [-0.4, -0.2) is 12.5 Å². The van der Waals surface area contributed by atoms with Crippen LogP contribution in [0.1, 0.15) is 25.3 Å². The average molecular weight is 374 g/mol. The number of carbonyl (C=O) groups excluding carboxylic acids is 1. The van der Waals surface area contributed by atoms with Gasteiger partial charge in [-0.2, -0.15) is 0 Å². The highest BCUT2D eigenvalue weighted by molar-refractivity contribution is 9.10. The summed E-state index contributed by atoms with van der Waals surface area (Å²) < 4.78 is 6.59. The third kappa shape index (κ3) is 6.28. The standard InChI is InChI=1S/C19H20BrNO2/c1-2-3-14-23-18-11-4-15(5-12-18)6-13-19(22)21-17-9-7-16(20)8-10-17/h4-13H,2-3,14H2,1H3,(H,21,22)/b13-6+. The zero-order valence-corrected chi connectivity index (χ0v) is 14.7. The number of nitrogens with one attached hydrogen (secondary N) is 1. The fourth-order valence-electron chi connectivity index (χ4n) is 1.90. The Labute approximate surface area is 145 Å². The van der Waals surface area contributed by atoms with E-state index in [4.69, 9.17) is 4.74 Å². The Morgan fingerprint density at radius 3 is 2.48 bits per heavy atom. The molecule has 2 aromatic rings. The van der Waals surface area contributed by atoms with E-state index in [2.05, 4.69) is 28.2 Å². The highest BCUT2D eigenvalue weighted by Gasteiger charge is 1.98. The van der Waals surface area contributed by atoms with Gasteiger partial charge in [0.05, 0.1) is 6.61 Å². The van der Waals surface area contributed by atoms with Crippen LogP contribution >= 0.6 is 15.9 Å². The van der Waals surface area contributed by atoms with Crippen molar-refractivity contribution in [2.24, 2.45) is 0 Å². The van der Waals surface area contributed by atoms with E-state index in [0.29, 0.717) is 0 Å². The van der Waals surface area contributed by atoms with Gasteiger partial charge in [0, 0.05) is 16.2 Å². The first kappa shape index (κ1) is 17.3. The van der Waals surface area contributed by atoms with E-state index in [0.717, 1.165) is 40.9 Å². The minimum Gasteiger partial charge on any atom is -0.494 e. The number of carbonyl (C=O) groups is 1. The van der Waals surface area contributed by atoms with Gasteiger partial charge in [-0.25, -0.2) is 0 Å². The highest BCUT2D eigenvalue weighted by atomic mass is 79.9. The van der Waals surface area contributed by atoms with Gasteiger partial charge in [-0.3, -0.25) is 4.79 Å². The van der Waals surface area contributed by atoms with Crippen molar-refractivity contribution in [3.05, 3.63) is 64.6 Å². The first-order chi connectivity index (χ1) is 11.2. The second-order valence-electron chi connectivity index (χ2n) is 5.10. The van der Waals surface area contributed by atoms with Gasteiger partial charge >= 0.3 is 0 Å². The van der Waals surface area contributed by atoms with Gasteiger partial charge in [0.25, 0.3) is 0 Å². The molecule has 0 heterocycles. The summed E-state index contributed by atoms with van der Waals surface area (Å²) >= 11 is 3.36. The van der Waals surface area contributed by atoms with Crippen LogP contribution < -0.4 is 10.1 Å². The van der Waals surface area contributed by atoms with Crippen molar-refractivity contribution in [2.45, 2.75) is 19.8 Å². The lowest BCUT2D eigenvalue weighted by Gasteiger charge is -2.05. The van der Waals surface area contributed by atoms with Crippen LogP contribution in [0.5, 0.6) is 5.75 Å². The van der Waals surface area contributed by atoms with Crippen LogP contribution in [0.25, 0.3) is 6.08 Å². The maximum absolute atomic E-state index is 11.9. The molecule has 0 fully saturated rings. The lowest BCUT2D eigenvalue weighted by Crippen LogP contribution is -2.07. The van der Waals surface area contributed by atoms with Crippen LogP contribution in [0.2, 0.25) is 0 Å². The summed E-state index contributed by atoms with van der Waals surface area (Å²) in [5.41, 5.74) is 1.72. The molecule has 0 spiro atoms. The molecule has 0 atom stereocenters. The van der Waals surface area contributed by atoms with Crippen molar-refractivity contribution in [2.75, 3.05) is 11.9 Å². The molecule has 3 nitrogen and oxygen atoms in total. The first-order valence-electron chi connectivity index (χ1n) is 7.65. The van der Waals surface area contributed by atoms with E-state index in [-0.39, 0.29) is 5.91 Å². The third-order valence-corrected chi connectivity index (χ3v) is 3.71. The van der Waals surface area contributed by atoms with Gasteiger partial charge in [0.15, 0.2) is 0 Å². The van der Waals surface area contributed by atoms with Crippen LogP contribution in [0.3, 0.4) is 0 Å². The van der Waals surface area contributed by atoms with Crippen LogP contribution in [0, 0.1) is 0 Å². The minimum atomic E-state index is -0.157. The summed E-state index contributed by atoms with van der Waals surface area (Å²) in [4.78, 5) is 11.9. The van der Waals surface area contributed by atoms with E-state index in [1.807, 2.05) is 48.5 Å². The van der Waals surface area contributed by atoms with Crippen molar-refractivity contribution >= 4 is 33.6 Å². The molecule has 4 heteroatoms.